The molecule has 2 rings (SSSR count). The fourth-order valence-corrected chi connectivity index (χ4v) is 2.55. The number of rotatable bonds is 6. The lowest BCUT2D eigenvalue weighted by molar-refractivity contribution is 0.0471. The van der Waals surface area contributed by atoms with Gasteiger partial charge in [0.1, 0.15) is 17.3 Å². The first-order chi connectivity index (χ1) is 11.1. The van der Waals surface area contributed by atoms with Gasteiger partial charge in [0, 0.05) is 12.1 Å². The zero-order chi connectivity index (χ0) is 16.8. The summed E-state index contributed by atoms with van der Waals surface area (Å²) in [5, 5.41) is 13.6. The highest BCUT2D eigenvalue weighted by Crippen LogP contribution is 2.22. The van der Waals surface area contributed by atoms with Crippen LogP contribution >= 0.6 is 11.6 Å². The van der Waals surface area contributed by atoms with Gasteiger partial charge in [0.25, 0.3) is 0 Å². The molecule has 0 fully saturated rings. The summed E-state index contributed by atoms with van der Waals surface area (Å²) < 4.78 is 6.93. The summed E-state index contributed by atoms with van der Waals surface area (Å²) in [6.45, 7) is 4.50. The maximum absolute atomic E-state index is 12.3. The van der Waals surface area contributed by atoms with Crippen LogP contribution in [0.2, 0.25) is 5.15 Å². The Bertz CT molecular complexity index is 747. The van der Waals surface area contributed by atoms with Crippen molar-refractivity contribution in [1.29, 1.82) is 5.26 Å². The number of aryl methyl sites for hydroxylation is 2. The summed E-state index contributed by atoms with van der Waals surface area (Å²) >= 11 is 6.25. The number of nitrogens with zero attached hydrogens (tertiary/aromatic N) is 3. The van der Waals surface area contributed by atoms with Crippen molar-refractivity contribution in [3.8, 4) is 6.07 Å². The Kier molecular flexibility index (Phi) is 5.78. The van der Waals surface area contributed by atoms with Crippen LogP contribution in [-0.4, -0.2) is 15.7 Å². The molecule has 1 heterocycles. The monoisotopic (exact) mass is 331 g/mol. The number of nitriles is 1. The molecule has 0 amide bonds. The first-order valence-electron chi connectivity index (χ1n) is 7.46. The van der Waals surface area contributed by atoms with Crippen molar-refractivity contribution >= 4 is 17.6 Å². The number of hydrogen-bond acceptors (Lipinski definition) is 4. The maximum atomic E-state index is 12.3. The largest absolute Gasteiger partial charge is 0.457 e. The number of esters is 1. The minimum Gasteiger partial charge on any atom is -0.457 e. The topological polar surface area (TPSA) is 67.9 Å². The second-order valence-electron chi connectivity index (χ2n) is 5.17. The van der Waals surface area contributed by atoms with Crippen molar-refractivity contribution in [2.24, 2.45) is 0 Å². The van der Waals surface area contributed by atoms with Gasteiger partial charge in [-0.1, -0.05) is 43.1 Å². The Morgan fingerprint density at radius 3 is 2.87 bits per heavy atom. The normalized spacial score (nSPS) is 10.3. The number of carbonyl (C=O) groups is 1. The van der Waals surface area contributed by atoms with E-state index >= 15 is 0 Å². The van der Waals surface area contributed by atoms with Gasteiger partial charge in [0.15, 0.2) is 0 Å². The highest BCUT2D eigenvalue weighted by molar-refractivity contribution is 6.32. The van der Waals surface area contributed by atoms with E-state index in [1.165, 1.54) is 0 Å². The molecule has 5 nitrogen and oxygen atoms in total. The zero-order valence-electron chi connectivity index (χ0n) is 13.2. The first kappa shape index (κ1) is 17.0. The predicted octanol–water partition coefficient (Wildman–Crippen LogP) is 3.87. The fourth-order valence-electron chi connectivity index (χ4n) is 2.21. The molecule has 0 unspecified atom stereocenters. The number of unbranched alkanes of at least 4 members (excludes halogenated alkanes) is 1. The van der Waals surface area contributed by atoms with Gasteiger partial charge in [-0.2, -0.15) is 10.4 Å². The third kappa shape index (κ3) is 3.91. The molecule has 0 radical (unpaired) electrons. The van der Waals surface area contributed by atoms with Gasteiger partial charge < -0.3 is 4.74 Å². The molecule has 23 heavy (non-hydrogen) atoms. The molecule has 2 aromatic rings. The summed E-state index contributed by atoms with van der Waals surface area (Å²) in [7, 11) is 0. The van der Waals surface area contributed by atoms with E-state index in [0.29, 0.717) is 28.5 Å². The van der Waals surface area contributed by atoms with Crippen molar-refractivity contribution in [1.82, 2.24) is 9.78 Å². The molecular formula is C17H18ClN3O2. The van der Waals surface area contributed by atoms with Crippen LogP contribution in [0.5, 0.6) is 0 Å². The van der Waals surface area contributed by atoms with E-state index in [1.54, 1.807) is 35.9 Å². The molecule has 0 N–H and O–H groups in total. The van der Waals surface area contributed by atoms with E-state index < -0.39 is 5.97 Å². The van der Waals surface area contributed by atoms with Gasteiger partial charge in [0.2, 0.25) is 0 Å². The van der Waals surface area contributed by atoms with Crippen LogP contribution in [0, 0.1) is 18.3 Å². The van der Waals surface area contributed by atoms with E-state index in [9.17, 15) is 4.79 Å². The van der Waals surface area contributed by atoms with Crippen LogP contribution in [0.4, 0.5) is 0 Å². The summed E-state index contributed by atoms with van der Waals surface area (Å²) in [6, 6.07) is 9.08. The number of halogens is 1. The van der Waals surface area contributed by atoms with Crippen LogP contribution in [-0.2, 0) is 17.9 Å². The molecule has 0 aliphatic heterocycles. The van der Waals surface area contributed by atoms with Crippen LogP contribution in [0.1, 0.15) is 46.9 Å². The van der Waals surface area contributed by atoms with Gasteiger partial charge >= 0.3 is 5.97 Å². The SMILES string of the molecule is CCCCn1nc(C)c(C(=O)OCc2ccccc2C#N)c1Cl. The second kappa shape index (κ2) is 7.80. The van der Waals surface area contributed by atoms with Crippen molar-refractivity contribution in [3.05, 3.63) is 51.8 Å². The van der Waals surface area contributed by atoms with Crippen molar-refractivity contribution in [2.45, 2.75) is 39.8 Å². The Labute approximate surface area is 140 Å². The van der Waals surface area contributed by atoms with E-state index in [4.69, 9.17) is 21.6 Å². The Hall–Kier alpha value is -2.32. The molecular weight excluding hydrogens is 314 g/mol. The molecule has 0 saturated heterocycles. The minimum atomic E-state index is -0.525. The molecule has 0 spiro atoms. The summed E-state index contributed by atoms with van der Waals surface area (Å²) in [5.74, 6) is -0.525. The molecule has 1 aromatic carbocycles. The van der Waals surface area contributed by atoms with Crippen LogP contribution in [0.3, 0.4) is 0 Å². The first-order valence-corrected chi connectivity index (χ1v) is 7.84. The smallest absolute Gasteiger partial charge is 0.343 e. The highest BCUT2D eigenvalue weighted by atomic mass is 35.5. The van der Waals surface area contributed by atoms with E-state index in [1.807, 2.05) is 0 Å². The third-order valence-electron chi connectivity index (χ3n) is 3.49. The van der Waals surface area contributed by atoms with Crippen molar-refractivity contribution < 1.29 is 9.53 Å². The number of ether oxygens (including phenoxy) is 1. The molecule has 0 bridgehead atoms. The quantitative estimate of drug-likeness (QED) is 0.753. The lowest BCUT2D eigenvalue weighted by atomic mass is 10.1. The average Bonchev–Trinajstić information content (AvgIpc) is 2.84. The van der Waals surface area contributed by atoms with E-state index in [2.05, 4.69) is 18.1 Å². The molecule has 0 saturated carbocycles. The maximum Gasteiger partial charge on any atom is 0.343 e. The molecule has 1 aromatic heterocycles. The lowest BCUT2D eigenvalue weighted by Gasteiger charge is -2.06. The number of benzene rings is 1. The van der Waals surface area contributed by atoms with Crippen molar-refractivity contribution in [2.75, 3.05) is 0 Å². The zero-order valence-corrected chi connectivity index (χ0v) is 13.9. The molecule has 6 heteroatoms. The van der Waals surface area contributed by atoms with Crippen LogP contribution in [0.25, 0.3) is 0 Å². The summed E-state index contributed by atoms with van der Waals surface area (Å²) in [4.78, 5) is 12.3. The molecule has 0 aliphatic rings. The molecule has 0 aliphatic carbocycles. The average molecular weight is 332 g/mol. The van der Waals surface area contributed by atoms with Crippen molar-refractivity contribution in [3.63, 3.8) is 0 Å². The van der Waals surface area contributed by atoms with Gasteiger partial charge in [-0.05, 0) is 19.4 Å². The van der Waals surface area contributed by atoms with Gasteiger partial charge in [-0.15, -0.1) is 0 Å². The number of carbonyl (C=O) groups excluding carboxylic acids is 1. The Morgan fingerprint density at radius 1 is 1.43 bits per heavy atom. The number of hydrogen-bond donors (Lipinski definition) is 0. The summed E-state index contributed by atoms with van der Waals surface area (Å²) in [5.41, 5.74) is 1.99. The van der Waals surface area contributed by atoms with Gasteiger partial charge in [-0.3, -0.25) is 4.68 Å². The highest BCUT2D eigenvalue weighted by Gasteiger charge is 2.21. The second-order valence-corrected chi connectivity index (χ2v) is 5.53. The summed E-state index contributed by atoms with van der Waals surface area (Å²) in [6.07, 6.45) is 1.95. The van der Waals surface area contributed by atoms with Crippen LogP contribution < -0.4 is 0 Å². The fraction of sp³-hybridized carbons (Fsp3) is 0.353. The standard InChI is InChI=1S/C17H18ClN3O2/c1-3-4-9-21-16(18)15(12(2)20-21)17(22)23-11-14-8-6-5-7-13(14)10-19/h5-8H,3-4,9,11H2,1-2H3. The minimum absolute atomic E-state index is 0.0263. The molecule has 120 valence electrons. The Balaban J connectivity index is 2.12. The lowest BCUT2D eigenvalue weighted by Crippen LogP contribution is -2.08. The predicted molar refractivity (Wildman–Crippen MR) is 87.2 cm³/mol. The van der Waals surface area contributed by atoms with Gasteiger partial charge in [0.05, 0.1) is 17.3 Å². The van der Waals surface area contributed by atoms with E-state index in [0.717, 1.165) is 12.8 Å². The van der Waals surface area contributed by atoms with E-state index in [-0.39, 0.29) is 12.2 Å². The van der Waals surface area contributed by atoms with Gasteiger partial charge in [-0.25, -0.2) is 4.79 Å². The number of aromatic nitrogens is 2. The third-order valence-corrected chi connectivity index (χ3v) is 3.87. The molecule has 0 atom stereocenters. The van der Waals surface area contributed by atoms with Crippen LogP contribution in [0.15, 0.2) is 24.3 Å². The Morgan fingerprint density at radius 2 is 2.17 bits per heavy atom.